The molecule has 0 fully saturated rings. The van der Waals surface area contributed by atoms with E-state index in [2.05, 4.69) is 15.9 Å². The lowest BCUT2D eigenvalue weighted by molar-refractivity contribution is -0.159. The summed E-state index contributed by atoms with van der Waals surface area (Å²) < 4.78 is 18.3. The maximum Gasteiger partial charge on any atom is 0.339 e. The number of aliphatic hydroxyl groups is 1. The van der Waals surface area contributed by atoms with Crippen molar-refractivity contribution in [1.82, 2.24) is 0 Å². The minimum absolute atomic E-state index is 0.155. The summed E-state index contributed by atoms with van der Waals surface area (Å²) >= 11 is 2.97. The van der Waals surface area contributed by atoms with Gasteiger partial charge in [-0.1, -0.05) is 0 Å². The van der Waals surface area contributed by atoms with Gasteiger partial charge in [-0.3, -0.25) is 0 Å². The van der Waals surface area contributed by atoms with Crippen LogP contribution >= 0.6 is 15.9 Å². The van der Waals surface area contributed by atoms with E-state index in [4.69, 9.17) is 9.84 Å². The predicted molar refractivity (Wildman–Crippen MR) is 57.9 cm³/mol. The van der Waals surface area contributed by atoms with Crippen molar-refractivity contribution in [2.45, 2.75) is 12.5 Å². The highest BCUT2D eigenvalue weighted by molar-refractivity contribution is 9.10. The molecular formula is C10H10BrFO4. The molecule has 0 bridgehead atoms. The Hall–Kier alpha value is -1.14. The van der Waals surface area contributed by atoms with Gasteiger partial charge in [0.25, 0.3) is 0 Å². The molecule has 16 heavy (non-hydrogen) atoms. The molecule has 2 N–H and O–H groups in total. The van der Waals surface area contributed by atoms with Crippen molar-refractivity contribution in [3.63, 3.8) is 0 Å². The van der Waals surface area contributed by atoms with Crippen LogP contribution in [0.15, 0.2) is 22.7 Å². The number of ether oxygens (including phenoxy) is 1. The first-order valence-electron chi connectivity index (χ1n) is 4.36. The van der Waals surface area contributed by atoms with Gasteiger partial charge in [0.15, 0.2) is 5.60 Å². The van der Waals surface area contributed by atoms with Crippen LogP contribution in [-0.4, -0.2) is 28.4 Å². The fraction of sp³-hybridized carbons (Fsp3) is 0.300. The van der Waals surface area contributed by atoms with E-state index in [1.54, 1.807) is 0 Å². The van der Waals surface area contributed by atoms with Gasteiger partial charge in [-0.2, -0.15) is 0 Å². The molecule has 0 aliphatic carbocycles. The largest absolute Gasteiger partial charge is 0.490 e. The standard InChI is InChI=1S/C10H10BrFO4/c1-10(15,9(13)14)5-16-6-2-3-7(11)8(12)4-6/h2-4,15H,5H2,1H3,(H,13,14)/t10-/m0/s1. The first-order chi connectivity index (χ1) is 7.33. The van der Waals surface area contributed by atoms with Gasteiger partial charge in [0.2, 0.25) is 0 Å². The van der Waals surface area contributed by atoms with E-state index in [0.717, 1.165) is 13.0 Å². The molecule has 0 radical (unpaired) electrons. The van der Waals surface area contributed by atoms with Crippen LogP contribution in [0.2, 0.25) is 0 Å². The third-order valence-electron chi connectivity index (χ3n) is 1.87. The lowest BCUT2D eigenvalue weighted by Crippen LogP contribution is -2.41. The highest BCUT2D eigenvalue weighted by atomic mass is 79.9. The van der Waals surface area contributed by atoms with Crippen LogP contribution in [-0.2, 0) is 4.79 Å². The van der Waals surface area contributed by atoms with Crippen LogP contribution in [0.4, 0.5) is 4.39 Å². The number of carbonyl (C=O) groups is 1. The normalized spacial score (nSPS) is 14.2. The Labute approximate surface area is 99.8 Å². The van der Waals surface area contributed by atoms with Crippen molar-refractivity contribution in [3.8, 4) is 5.75 Å². The third-order valence-corrected chi connectivity index (χ3v) is 2.51. The molecule has 0 saturated carbocycles. The van der Waals surface area contributed by atoms with Gasteiger partial charge in [0, 0.05) is 6.07 Å². The van der Waals surface area contributed by atoms with Gasteiger partial charge in [-0.25, -0.2) is 9.18 Å². The van der Waals surface area contributed by atoms with Crippen LogP contribution in [0.5, 0.6) is 5.75 Å². The van der Waals surface area contributed by atoms with E-state index in [1.165, 1.54) is 12.1 Å². The molecular weight excluding hydrogens is 283 g/mol. The van der Waals surface area contributed by atoms with Crippen molar-refractivity contribution >= 4 is 21.9 Å². The van der Waals surface area contributed by atoms with Gasteiger partial charge >= 0.3 is 5.97 Å². The van der Waals surface area contributed by atoms with Crippen LogP contribution in [0.25, 0.3) is 0 Å². The third kappa shape index (κ3) is 3.18. The number of carboxylic acid groups (broad SMARTS) is 1. The van der Waals surface area contributed by atoms with Gasteiger partial charge < -0.3 is 14.9 Å². The Kier molecular flexibility index (Phi) is 3.88. The zero-order chi connectivity index (χ0) is 12.3. The summed E-state index contributed by atoms with van der Waals surface area (Å²) in [6, 6.07) is 3.99. The quantitative estimate of drug-likeness (QED) is 0.888. The average molecular weight is 293 g/mol. The molecule has 0 aromatic heterocycles. The Morgan fingerprint density at radius 3 is 2.75 bits per heavy atom. The summed E-state index contributed by atoms with van der Waals surface area (Å²) in [5.41, 5.74) is -2.00. The molecule has 1 atom stereocenters. The number of halogens is 2. The molecule has 0 spiro atoms. The van der Waals surface area contributed by atoms with Gasteiger partial charge in [0.1, 0.15) is 18.2 Å². The topological polar surface area (TPSA) is 66.8 Å². The number of hydrogen-bond donors (Lipinski definition) is 2. The molecule has 0 aliphatic rings. The summed E-state index contributed by atoms with van der Waals surface area (Å²) in [4.78, 5) is 10.6. The molecule has 88 valence electrons. The second-order valence-corrected chi connectivity index (χ2v) is 4.30. The van der Waals surface area contributed by atoms with Gasteiger partial charge in [-0.15, -0.1) is 0 Å². The molecule has 0 amide bonds. The maximum absolute atomic E-state index is 13.1. The fourth-order valence-corrected chi connectivity index (χ4v) is 1.10. The van der Waals surface area contributed by atoms with E-state index in [0.29, 0.717) is 0 Å². The summed E-state index contributed by atoms with van der Waals surface area (Å²) in [5.74, 6) is -1.76. The summed E-state index contributed by atoms with van der Waals surface area (Å²) in [6.07, 6.45) is 0. The molecule has 4 nitrogen and oxygen atoms in total. The first-order valence-corrected chi connectivity index (χ1v) is 5.16. The monoisotopic (exact) mass is 292 g/mol. The van der Waals surface area contributed by atoms with Crippen LogP contribution in [0.3, 0.4) is 0 Å². The Bertz CT molecular complexity index is 406. The lowest BCUT2D eigenvalue weighted by Gasteiger charge is -2.18. The summed E-state index contributed by atoms with van der Waals surface area (Å²) in [5, 5.41) is 18.0. The minimum atomic E-state index is -2.00. The Morgan fingerprint density at radius 1 is 1.62 bits per heavy atom. The number of hydrogen-bond acceptors (Lipinski definition) is 3. The Morgan fingerprint density at radius 2 is 2.25 bits per heavy atom. The van der Waals surface area contributed by atoms with Crippen LogP contribution < -0.4 is 4.74 Å². The number of carboxylic acids is 1. The SMILES string of the molecule is C[C@](O)(COc1ccc(Br)c(F)c1)C(=O)O. The highest BCUT2D eigenvalue weighted by Gasteiger charge is 2.30. The molecule has 1 aromatic carbocycles. The van der Waals surface area contributed by atoms with Gasteiger partial charge in [0.05, 0.1) is 4.47 Å². The fourth-order valence-electron chi connectivity index (χ4n) is 0.852. The predicted octanol–water partition coefficient (Wildman–Crippen LogP) is 1.80. The average Bonchev–Trinajstić information content (AvgIpc) is 2.20. The van der Waals surface area contributed by atoms with E-state index < -0.39 is 24.0 Å². The highest BCUT2D eigenvalue weighted by Crippen LogP contribution is 2.21. The van der Waals surface area contributed by atoms with Crippen molar-refractivity contribution < 1.29 is 24.1 Å². The van der Waals surface area contributed by atoms with E-state index in [9.17, 15) is 14.3 Å². The van der Waals surface area contributed by atoms with Crippen molar-refractivity contribution in [2.24, 2.45) is 0 Å². The molecule has 0 heterocycles. The summed E-state index contributed by atoms with van der Waals surface area (Å²) in [6.45, 7) is 0.647. The molecule has 0 aliphatic heterocycles. The molecule has 1 rings (SSSR count). The number of benzene rings is 1. The zero-order valence-corrected chi connectivity index (χ0v) is 9.99. The zero-order valence-electron chi connectivity index (χ0n) is 8.41. The van der Waals surface area contributed by atoms with E-state index in [1.807, 2.05) is 0 Å². The molecule has 6 heteroatoms. The smallest absolute Gasteiger partial charge is 0.339 e. The number of aliphatic carboxylic acids is 1. The molecule has 1 aromatic rings. The van der Waals surface area contributed by atoms with E-state index in [-0.39, 0.29) is 10.2 Å². The Balaban J connectivity index is 2.68. The lowest BCUT2D eigenvalue weighted by atomic mass is 10.1. The van der Waals surface area contributed by atoms with E-state index >= 15 is 0 Å². The number of rotatable bonds is 4. The second kappa shape index (κ2) is 4.80. The van der Waals surface area contributed by atoms with Crippen LogP contribution in [0.1, 0.15) is 6.92 Å². The second-order valence-electron chi connectivity index (χ2n) is 3.44. The van der Waals surface area contributed by atoms with Crippen LogP contribution in [0, 0.1) is 5.82 Å². The first kappa shape index (κ1) is 12.9. The summed E-state index contributed by atoms with van der Waals surface area (Å²) in [7, 11) is 0. The van der Waals surface area contributed by atoms with Crippen molar-refractivity contribution in [3.05, 3.63) is 28.5 Å². The van der Waals surface area contributed by atoms with Crippen molar-refractivity contribution in [2.75, 3.05) is 6.61 Å². The minimum Gasteiger partial charge on any atom is -0.490 e. The van der Waals surface area contributed by atoms with Gasteiger partial charge in [-0.05, 0) is 35.0 Å². The van der Waals surface area contributed by atoms with Crippen molar-refractivity contribution in [1.29, 1.82) is 0 Å². The molecule has 0 unspecified atom stereocenters. The maximum atomic E-state index is 13.1. The molecule has 0 saturated heterocycles.